The van der Waals surface area contributed by atoms with Gasteiger partial charge in [-0.25, -0.2) is 0 Å². The minimum absolute atomic E-state index is 0. The summed E-state index contributed by atoms with van der Waals surface area (Å²) in [7, 11) is 0. The maximum absolute atomic E-state index is 2.29. The van der Waals surface area contributed by atoms with Crippen molar-refractivity contribution in [2.24, 2.45) is 17.8 Å². The van der Waals surface area contributed by atoms with Gasteiger partial charge in [0.25, 0.3) is 0 Å². The van der Waals surface area contributed by atoms with Crippen molar-refractivity contribution in [3.63, 3.8) is 0 Å². The maximum atomic E-state index is 2.29. The van der Waals surface area contributed by atoms with E-state index in [1.807, 2.05) is 0 Å². The predicted molar refractivity (Wildman–Crippen MR) is 124 cm³/mol. The van der Waals surface area contributed by atoms with Crippen molar-refractivity contribution in [1.29, 1.82) is 0 Å². The molecule has 28 heavy (non-hydrogen) atoms. The van der Waals surface area contributed by atoms with Gasteiger partial charge in [0.15, 0.2) is 0 Å². The molecule has 0 radical (unpaired) electrons. The minimum atomic E-state index is 0. The van der Waals surface area contributed by atoms with Crippen molar-refractivity contribution in [3.8, 4) is 0 Å². The molecule has 0 bridgehead atoms. The summed E-state index contributed by atoms with van der Waals surface area (Å²) in [5.41, 5.74) is 0. The van der Waals surface area contributed by atoms with Gasteiger partial charge in [-0.2, -0.15) is 0 Å². The van der Waals surface area contributed by atoms with Crippen LogP contribution in [0, 0.1) is 55.1 Å². The van der Waals surface area contributed by atoms with Crippen molar-refractivity contribution in [1.82, 2.24) is 0 Å². The Morgan fingerprint density at radius 1 is 0.429 bits per heavy atom. The van der Waals surface area contributed by atoms with E-state index in [0.717, 1.165) is 17.8 Å². The van der Waals surface area contributed by atoms with Gasteiger partial charge in [-0.3, -0.25) is 0 Å². The smallest absolute Gasteiger partial charge is 0 e. The van der Waals surface area contributed by atoms with Crippen LogP contribution in [0.5, 0.6) is 0 Å². The SMILES string of the molecule is CCCCC1CCCC1.CCCCC1CCCC1.CCCCC1CCCC1.[Er]. The van der Waals surface area contributed by atoms with E-state index in [1.165, 1.54) is 135 Å². The van der Waals surface area contributed by atoms with Crippen LogP contribution in [-0.2, 0) is 0 Å². The van der Waals surface area contributed by atoms with E-state index < -0.39 is 0 Å². The molecule has 3 saturated carbocycles. The molecule has 0 aromatic carbocycles. The molecule has 0 heterocycles. The topological polar surface area (TPSA) is 0 Å². The summed E-state index contributed by atoms with van der Waals surface area (Å²) in [6.45, 7) is 6.86. The van der Waals surface area contributed by atoms with Crippen molar-refractivity contribution in [3.05, 3.63) is 0 Å². The van der Waals surface area contributed by atoms with Gasteiger partial charge in [0.05, 0.1) is 0 Å². The molecule has 0 nitrogen and oxygen atoms in total. The monoisotopic (exact) mass is 544 g/mol. The van der Waals surface area contributed by atoms with E-state index in [-0.39, 0.29) is 37.3 Å². The second-order valence-corrected chi connectivity index (χ2v) is 9.88. The first-order chi connectivity index (χ1) is 13.3. The van der Waals surface area contributed by atoms with E-state index in [2.05, 4.69) is 20.8 Å². The quantitative estimate of drug-likeness (QED) is 0.270. The third-order valence-corrected chi connectivity index (χ3v) is 7.32. The second kappa shape index (κ2) is 21.5. The summed E-state index contributed by atoms with van der Waals surface area (Å²) < 4.78 is 0. The molecular weight excluding hydrogens is 492 g/mol. The van der Waals surface area contributed by atoms with Gasteiger partial charge in [-0.15, -0.1) is 0 Å². The standard InChI is InChI=1S/3C9H18.Er/c3*1-2-3-6-9-7-4-5-8-9;/h3*9H,2-8H2,1H3;. The average Bonchev–Trinajstić information content (AvgIpc) is 3.47. The molecule has 0 saturated heterocycles. The van der Waals surface area contributed by atoms with Gasteiger partial charge in [-0.1, -0.05) is 156 Å². The van der Waals surface area contributed by atoms with Crippen LogP contribution in [-0.4, -0.2) is 0 Å². The fraction of sp³-hybridized carbons (Fsp3) is 1.00. The summed E-state index contributed by atoms with van der Waals surface area (Å²) in [5, 5.41) is 0. The zero-order valence-electron chi connectivity index (χ0n) is 19.9. The van der Waals surface area contributed by atoms with E-state index in [0.29, 0.717) is 0 Å². The Morgan fingerprint density at radius 2 is 0.643 bits per heavy atom. The molecule has 0 aromatic rings. The van der Waals surface area contributed by atoms with E-state index >= 15 is 0 Å². The molecule has 3 aliphatic carbocycles. The Kier molecular flexibility index (Phi) is 22.4. The molecule has 0 spiro atoms. The van der Waals surface area contributed by atoms with Crippen molar-refractivity contribution in [2.75, 3.05) is 0 Å². The molecule has 0 N–H and O–H groups in total. The van der Waals surface area contributed by atoms with Gasteiger partial charge >= 0.3 is 0 Å². The fourth-order valence-corrected chi connectivity index (χ4v) is 5.38. The van der Waals surface area contributed by atoms with Gasteiger partial charge < -0.3 is 0 Å². The molecule has 174 valence electrons. The first kappa shape index (κ1) is 29.2. The van der Waals surface area contributed by atoms with Crippen LogP contribution in [0.4, 0.5) is 0 Å². The van der Waals surface area contributed by atoms with Gasteiger partial charge in [0.2, 0.25) is 0 Å². The zero-order valence-corrected chi connectivity index (χ0v) is 21.7. The summed E-state index contributed by atoms with van der Waals surface area (Å²) in [5.74, 6) is 3.35. The maximum Gasteiger partial charge on any atom is 0 e. The Hall–Kier alpha value is 1.25. The van der Waals surface area contributed by atoms with Crippen LogP contribution in [0.1, 0.15) is 156 Å². The first-order valence-electron chi connectivity index (χ1n) is 13.3. The summed E-state index contributed by atoms with van der Waals surface area (Å²) in [6.07, 6.45) is 31.3. The van der Waals surface area contributed by atoms with Crippen molar-refractivity contribution >= 4 is 0 Å². The summed E-state index contributed by atoms with van der Waals surface area (Å²) >= 11 is 0. The molecule has 3 rings (SSSR count). The molecule has 0 unspecified atom stereocenters. The number of hydrogen-bond acceptors (Lipinski definition) is 0. The van der Waals surface area contributed by atoms with E-state index in [4.69, 9.17) is 0 Å². The van der Waals surface area contributed by atoms with Crippen LogP contribution in [0.15, 0.2) is 0 Å². The largest absolute Gasteiger partial charge is 0.0654 e. The van der Waals surface area contributed by atoms with Gasteiger partial charge in [0, 0.05) is 37.3 Å². The fourth-order valence-electron chi connectivity index (χ4n) is 5.38. The van der Waals surface area contributed by atoms with Crippen LogP contribution in [0.2, 0.25) is 0 Å². The third-order valence-electron chi connectivity index (χ3n) is 7.32. The van der Waals surface area contributed by atoms with Crippen molar-refractivity contribution < 1.29 is 37.3 Å². The first-order valence-corrected chi connectivity index (χ1v) is 13.3. The van der Waals surface area contributed by atoms with Crippen LogP contribution < -0.4 is 0 Å². The molecule has 0 aliphatic heterocycles. The minimum Gasteiger partial charge on any atom is -0.0654 e. The summed E-state index contributed by atoms with van der Waals surface area (Å²) in [4.78, 5) is 0. The van der Waals surface area contributed by atoms with E-state index in [1.54, 1.807) is 0 Å². The average molecular weight is 546 g/mol. The zero-order chi connectivity index (χ0) is 19.6. The molecule has 0 aromatic heterocycles. The number of hydrogen-bond donors (Lipinski definition) is 0. The summed E-state index contributed by atoms with van der Waals surface area (Å²) in [6, 6.07) is 0. The molecule has 1 heteroatoms. The van der Waals surface area contributed by atoms with Crippen LogP contribution in [0.3, 0.4) is 0 Å². The van der Waals surface area contributed by atoms with Crippen LogP contribution in [0.25, 0.3) is 0 Å². The predicted octanol–water partition coefficient (Wildman–Crippen LogP) is 10.1. The van der Waals surface area contributed by atoms with Crippen molar-refractivity contribution in [2.45, 2.75) is 156 Å². The normalized spacial score (nSPS) is 20.2. The molecule has 0 amide bonds. The molecule has 3 fully saturated rings. The third kappa shape index (κ3) is 16.0. The number of rotatable bonds is 9. The molecule has 0 atom stereocenters. The molecule has 3 aliphatic rings. The molecular formula is C27H54Er. The van der Waals surface area contributed by atoms with E-state index in [9.17, 15) is 0 Å². The Balaban J connectivity index is 0.000000384. The second-order valence-electron chi connectivity index (χ2n) is 9.88. The Morgan fingerprint density at radius 3 is 0.821 bits per heavy atom. The van der Waals surface area contributed by atoms with Gasteiger partial charge in [0.1, 0.15) is 0 Å². The number of unbranched alkanes of at least 4 members (excludes halogenated alkanes) is 3. The Labute approximate surface area is 209 Å². The van der Waals surface area contributed by atoms with Crippen LogP contribution >= 0.6 is 0 Å². The van der Waals surface area contributed by atoms with Gasteiger partial charge in [-0.05, 0) is 17.8 Å². The Bertz CT molecular complexity index is 235.